The molecule has 0 amide bonds. The Morgan fingerprint density at radius 1 is 1.25 bits per heavy atom. The predicted molar refractivity (Wildman–Crippen MR) is 65.9 cm³/mol. The molecule has 2 nitrogen and oxygen atoms in total. The molecule has 0 heterocycles. The van der Waals surface area contributed by atoms with E-state index in [-0.39, 0.29) is 6.54 Å². The molecule has 0 radical (unpaired) electrons. The van der Waals surface area contributed by atoms with Gasteiger partial charge in [0.1, 0.15) is 0 Å². The molecule has 0 bridgehead atoms. The number of hydrogen-bond donors (Lipinski definition) is 2. The van der Waals surface area contributed by atoms with Crippen molar-refractivity contribution in [2.24, 2.45) is 5.73 Å². The molecule has 0 aliphatic rings. The summed E-state index contributed by atoms with van der Waals surface area (Å²) >= 11 is 4.45. The number of nitrogens with two attached hydrogens (primary N) is 1. The summed E-state index contributed by atoms with van der Waals surface area (Å²) in [6, 6.07) is 5.94. The van der Waals surface area contributed by atoms with Crippen LogP contribution in [0.15, 0.2) is 18.2 Å². The van der Waals surface area contributed by atoms with Crippen molar-refractivity contribution in [1.82, 2.24) is 0 Å². The monoisotopic (exact) mass is 389 g/mol. The fraction of sp³-hybridized carbons (Fsp3) is 0.250. The van der Waals surface area contributed by atoms with Crippen LogP contribution in [0.25, 0.3) is 0 Å². The van der Waals surface area contributed by atoms with Gasteiger partial charge in [0.05, 0.1) is 6.10 Å². The van der Waals surface area contributed by atoms with Gasteiger partial charge in [-0.3, -0.25) is 0 Å². The fourth-order valence-electron chi connectivity index (χ4n) is 0.904. The zero-order chi connectivity index (χ0) is 9.14. The van der Waals surface area contributed by atoms with Crippen LogP contribution in [-0.2, 0) is 0 Å². The molecule has 0 saturated heterocycles. The first-order valence-electron chi connectivity index (χ1n) is 3.47. The van der Waals surface area contributed by atoms with Gasteiger partial charge < -0.3 is 10.8 Å². The second-order valence-corrected chi connectivity index (χ2v) is 4.95. The first-order valence-corrected chi connectivity index (χ1v) is 5.63. The molecule has 1 atom stereocenters. The molecule has 12 heavy (non-hydrogen) atoms. The van der Waals surface area contributed by atoms with Crippen molar-refractivity contribution in [3.05, 3.63) is 30.9 Å². The highest BCUT2D eigenvalue weighted by molar-refractivity contribution is 14.1. The summed E-state index contributed by atoms with van der Waals surface area (Å²) in [6.45, 7) is 0.274. The fourth-order valence-corrected chi connectivity index (χ4v) is 2.89. The van der Waals surface area contributed by atoms with Crippen molar-refractivity contribution in [1.29, 1.82) is 0 Å². The van der Waals surface area contributed by atoms with Gasteiger partial charge in [-0.15, -0.1) is 0 Å². The molecule has 0 saturated carbocycles. The average Bonchev–Trinajstić information content (AvgIpc) is 2.01. The van der Waals surface area contributed by atoms with Gasteiger partial charge in [-0.05, 0) is 68.9 Å². The van der Waals surface area contributed by atoms with Crippen LogP contribution >= 0.6 is 45.2 Å². The maximum atomic E-state index is 9.45. The van der Waals surface area contributed by atoms with Crippen LogP contribution in [-0.4, -0.2) is 11.7 Å². The topological polar surface area (TPSA) is 46.2 Å². The highest BCUT2D eigenvalue weighted by atomic mass is 127. The molecule has 1 aromatic carbocycles. The van der Waals surface area contributed by atoms with E-state index in [1.165, 1.54) is 0 Å². The van der Waals surface area contributed by atoms with Crippen LogP contribution in [0.5, 0.6) is 0 Å². The van der Waals surface area contributed by atoms with Crippen molar-refractivity contribution in [2.75, 3.05) is 6.54 Å². The van der Waals surface area contributed by atoms with Crippen LogP contribution in [0.1, 0.15) is 11.7 Å². The Morgan fingerprint density at radius 2 is 1.75 bits per heavy atom. The second kappa shape index (κ2) is 4.73. The number of halogens is 2. The third-order valence-electron chi connectivity index (χ3n) is 1.49. The van der Waals surface area contributed by atoms with E-state index in [2.05, 4.69) is 45.2 Å². The minimum atomic E-state index is -0.534. The second-order valence-electron chi connectivity index (χ2n) is 2.45. The van der Waals surface area contributed by atoms with Crippen molar-refractivity contribution in [2.45, 2.75) is 6.10 Å². The molecule has 3 N–H and O–H groups in total. The Labute approximate surface area is 98.8 Å². The van der Waals surface area contributed by atoms with Gasteiger partial charge in [0, 0.05) is 13.7 Å². The quantitative estimate of drug-likeness (QED) is 0.760. The number of aliphatic hydroxyl groups is 1. The van der Waals surface area contributed by atoms with Crippen LogP contribution in [0.2, 0.25) is 0 Å². The number of aliphatic hydroxyl groups excluding tert-OH is 1. The molecule has 4 heteroatoms. The Bertz CT molecular complexity index is 258. The van der Waals surface area contributed by atoms with Crippen molar-refractivity contribution in [3.63, 3.8) is 0 Å². The zero-order valence-corrected chi connectivity index (χ0v) is 10.6. The molecular weight excluding hydrogens is 380 g/mol. The molecule has 0 aromatic heterocycles. The van der Waals surface area contributed by atoms with E-state index in [1.54, 1.807) is 0 Å². The predicted octanol–water partition coefficient (Wildman–Crippen LogP) is 1.89. The van der Waals surface area contributed by atoms with E-state index in [1.807, 2.05) is 18.2 Å². The molecule has 66 valence electrons. The molecule has 0 spiro atoms. The zero-order valence-electron chi connectivity index (χ0n) is 6.30. The third kappa shape index (κ3) is 2.82. The number of benzene rings is 1. The van der Waals surface area contributed by atoms with E-state index in [0.717, 1.165) is 12.7 Å². The minimum absolute atomic E-state index is 0.274. The first-order chi connectivity index (χ1) is 5.63. The molecule has 0 aliphatic carbocycles. The van der Waals surface area contributed by atoms with Crippen LogP contribution in [0.3, 0.4) is 0 Å². The largest absolute Gasteiger partial charge is 0.387 e. The third-order valence-corrected chi connectivity index (χ3v) is 2.74. The SMILES string of the molecule is NC[C@H](O)c1cc(I)cc(I)c1. The van der Waals surface area contributed by atoms with Crippen molar-refractivity contribution >= 4 is 45.2 Å². The molecule has 1 aromatic rings. The van der Waals surface area contributed by atoms with Gasteiger partial charge in [0.15, 0.2) is 0 Å². The lowest BCUT2D eigenvalue weighted by Crippen LogP contribution is -2.11. The smallest absolute Gasteiger partial charge is 0.0912 e. The number of rotatable bonds is 2. The standard InChI is InChI=1S/C8H9I2NO/c9-6-1-5(8(12)4-11)2-7(10)3-6/h1-3,8,12H,4,11H2/t8-/m0/s1. The lowest BCUT2D eigenvalue weighted by molar-refractivity contribution is 0.186. The summed E-state index contributed by atoms with van der Waals surface area (Å²) in [5, 5.41) is 9.45. The van der Waals surface area contributed by atoms with Crippen molar-refractivity contribution in [3.8, 4) is 0 Å². The van der Waals surface area contributed by atoms with Gasteiger partial charge in [0.2, 0.25) is 0 Å². The van der Waals surface area contributed by atoms with Crippen LogP contribution in [0.4, 0.5) is 0 Å². The molecule has 0 fully saturated rings. The summed E-state index contributed by atoms with van der Waals surface area (Å²) in [5.41, 5.74) is 6.25. The first kappa shape index (κ1) is 10.7. The van der Waals surface area contributed by atoms with Gasteiger partial charge in [-0.1, -0.05) is 0 Å². The summed E-state index contributed by atoms with van der Waals surface area (Å²) < 4.78 is 2.25. The van der Waals surface area contributed by atoms with Crippen LogP contribution in [0, 0.1) is 7.14 Å². The molecular formula is C8H9I2NO. The summed E-state index contributed by atoms with van der Waals surface area (Å²) in [4.78, 5) is 0. The van der Waals surface area contributed by atoms with Gasteiger partial charge in [-0.25, -0.2) is 0 Å². The minimum Gasteiger partial charge on any atom is -0.387 e. The van der Waals surface area contributed by atoms with Gasteiger partial charge in [0.25, 0.3) is 0 Å². The maximum absolute atomic E-state index is 9.45. The lowest BCUT2D eigenvalue weighted by Gasteiger charge is -2.08. The average molecular weight is 389 g/mol. The van der Waals surface area contributed by atoms with E-state index < -0.39 is 6.10 Å². The van der Waals surface area contributed by atoms with E-state index >= 15 is 0 Å². The maximum Gasteiger partial charge on any atom is 0.0912 e. The van der Waals surface area contributed by atoms with Gasteiger partial charge >= 0.3 is 0 Å². The Hall–Kier alpha value is 0.600. The Morgan fingerprint density at radius 3 is 2.17 bits per heavy atom. The summed E-state index contributed by atoms with van der Waals surface area (Å²) in [7, 11) is 0. The highest BCUT2D eigenvalue weighted by Gasteiger charge is 2.05. The summed E-state index contributed by atoms with van der Waals surface area (Å²) in [5.74, 6) is 0. The Balaban J connectivity index is 3.00. The van der Waals surface area contributed by atoms with E-state index in [9.17, 15) is 5.11 Å². The lowest BCUT2D eigenvalue weighted by atomic mass is 10.1. The normalized spacial score (nSPS) is 13.0. The summed E-state index contributed by atoms with van der Waals surface area (Å²) in [6.07, 6.45) is -0.534. The molecule has 1 rings (SSSR count). The number of hydrogen-bond acceptors (Lipinski definition) is 2. The van der Waals surface area contributed by atoms with Gasteiger partial charge in [-0.2, -0.15) is 0 Å². The molecule has 0 unspecified atom stereocenters. The van der Waals surface area contributed by atoms with Crippen molar-refractivity contribution < 1.29 is 5.11 Å². The highest BCUT2D eigenvalue weighted by Crippen LogP contribution is 2.19. The van der Waals surface area contributed by atoms with E-state index in [0.29, 0.717) is 0 Å². The molecule has 0 aliphatic heterocycles. The Kier molecular flexibility index (Phi) is 4.21. The van der Waals surface area contributed by atoms with E-state index in [4.69, 9.17) is 5.73 Å². The van der Waals surface area contributed by atoms with Crippen LogP contribution < -0.4 is 5.73 Å².